The molecule has 0 saturated carbocycles. The Balaban J connectivity index is 3.60. The molecule has 0 fully saturated rings. The number of hydrogen-bond donors (Lipinski definition) is 3. The van der Waals surface area contributed by atoms with E-state index in [0.29, 0.717) is 25.9 Å². The van der Waals surface area contributed by atoms with Gasteiger partial charge in [0, 0.05) is 12.8 Å². The molecule has 0 radical (unpaired) electrons. The van der Waals surface area contributed by atoms with Crippen LogP contribution in [0.4, 0.5) is 0 Å². The molecule has 0 rings (SSSR count). The molecule has 0 heterocycles. The molecule has 0 aromatic carbocycles. The largest absolute Gasteiger partial charge is 0.466 e. The summed E-state index contributed by atoms with van der Waals surface area (Å²) in [5.74, 6) is -0.184. The van der Waals surface area contributed by atoms with Crippen LogP contribution in [0, 0.1) is 0 Å². The van der Waals surface area contributed by atoms with Gasteiger partial charge in [0.25, 0.3) is 0 Å². The van der Waals surface area contributed by atoms with E-state index >= 15 is 0 Å². The molecule has 302 valence electrons. The summed E-state index contributed by atoms with van der Waals surface area (Å²) < 4.78 is 5.42. The highest BCUT2D eigenvalue weighted by molar-refractivity contribution is 5.76. The lowest BCUT2D eigenvalue weighted by Gasteiger charge is -2.19. The SMILES string of the molecule is CCCCCC/C=C\CCCCCCCC(=O)OCCCCCCCC/C=C\C/C=C\CCC(=O)NC(CO)C(O)/C=C/CCCCCCCCC. The zero-order valence-corrected chi connectivity index (χ0v) is 34.0. The zero-order valence-electron chi connectivity index (χ0n) is 34.0. The Morgan fingerprint density at radius 2 is 0.981 bits per heavy atom. The van der Waals surface area contributed by atoms with Crippen molar-refractivity contribution in [2.45, 2.75) is 219 Å². The van der Waals surface area contributed by atoms with Crippen LogP contribution in [-0.4, -0.2) is 47.4 Å². The van der Waals surface area contributed by atoms with E-state index in [1.165, 1.54) is 122 Å². The van der Waals surface area contributed by atoms with Crippen molar-refractivity contribution >= 4 is 11.9 Å². The van der Waals surface area contributed by atoms with Crippen molar-refractivity contribution < 1.29 is 24.5 Å². The van der Waals surface area contributed by atoms with Crippen LogP contribution in [0.25, 0.3) is 0 Å². The van der Waals surface area contributed by atoms with Crippen molar-refractivity contribution in [2.75, 3.05) is 13.2 Å². The zero-order chi connectivity index (χ0) is 38.0. The standard InChI is InChI=1S/C46H83NO5/c1-3-5-7-9-11-13-14-16-20-24-28-32-36-40-46(51)52-41-37-33-29-25-21-18-15-17-19-23-27-31-35-39-45(50)47-43(42-48)44(49)38-34-30-26-22-12-10-8-6-4-2/h13-14,17,19,27,31,34,38,43-44,48-49H,3-12,15-16,18,20-26,28-30,32-33,35-37,39-42H2,1-2H3,(H,47,50)/b14-13-,19-17-,31-27-,38-34+. The van der Waals surface area contributed by atoms with Gasteiger partial charge in [0.15, 0.2) is 0 Å². The van der Waals surface area contributed by atoms with Gasteiger partial charge in [-0.3, -0.25) is 9.59 Å². The maximum absolute atomic E-state index is 12.3. The smallest absolute Gasteiger partial charge is 0.305 e. The summed E-state index contributed by atoms with van der Waals surface area (Å²) >= 11 is 0. The summed E-state index contributed by atoms with van der Waals surface area (Å²) in [6.07, 6.45) is 49.7. The molecule has 2 atom stereocenters. The third-order valence-electron chi connectivity index (χ3n) is 9.58. The van der Waals surface area contributed by atoms with Gasteiger partial charge in [-0.15, -0.1) is 0 Å². The van der Waals surface area contributed by atoms with Crippen LogP contribution in [0.2, 0.25) is 0 Å². The molecule has 0 aromatic heterocycles. The summed E-state index contributed by atoms with van der Waals surface area (Å²) in [7, 11) is 0. The fraction of sp³-hybridized carbons (Fsp3) is 0.783. The van der Waals surface area contributed by atoms with Crippen LogP contribution in [0.5, 0.6) is 0 Å². The fourth-order valence-corrected chi connectivity index (χ4v) is 6.14. The average Bonchev–Trinajstić information content (AvgIpc) is 3.14. The highest BCUT2D eigenvalue weighted by Crippen LogP contribution is 2.12. The van der Waals surface area contributed by atoms with Crippen LogP contribution in [0.1, 0.15) is 206 Å². The molecule has 0 aliphatic heterocycles. The summed E-state index contributed by atoms with van der Waals surface area (Å²) in [6.45, 7) is 4.76. The van der Waals surface area contributed by atoms with E-state index in [-0.39, 0.29) is 18.5 Å². The predicted octanol–water partition coefficient (Wildman–Crippen LogP) is 12.3. The van der Waals surface area contributed by atoms with Crippen LogP contribution >= 0.6 is 0 Å². The monoisotopic (exact) mass is 730 g/mol. The van der Waals surface area contributed by atoms with Crippen LogP contribution < -0.4 is 5.32 Å². The van der Waals surface area contributed by atoms with Gasteiger partial charge in [-0.25, -0.2) is 0 Å². The van der Waals surface area contributed by atoms with Crippen LogP contribution in [0.15, 0.2) is 48.6 Å². The first-order chi connectivity index (χ1) is 25.5. The molecule has 0 saturated heterocycles. The van der Waals surface area contributed by atoms with Crippen LogP contribution in [0.3, 0.4) is 0 Å². The van der Waals surface area contributed by atoms with Crippen molar-refractivity contribution in [1.29, 1.82) is 0 Å². The minimum atomic E-state index is -0.877. The third kappa shape index (κ3) is 37.6. The number of esters is 1. The van der Waals surface area contributed by atoms with E-state index in [2.05, 4.69) is 49.5 Å². The molecular formula is C46H83NO5. The van der Waals surface area contributed by atoms with Gasteiger partial charge in [-0.2, -0.15) is 0 Å². The topological polar surface area (TPSA) is 95.9 Å². The highest BCUT2D eigenvalue weighted by Gasteiger charge is 2.17. The first kappa shape index (κ1) is 49.8. The minimum Gasteiger partial charge on any atom is -0.466 e. The van der Waals surface area contributed by atoms with E-state index < -0.39 is 12.1 Å². The number of carbonyl (C=O) groups excluding carboxylic acids is 2. The molecule has 3 N–H and O–H groups in total. The van der Waals surface area contributed by atoms with Crippen molar-refractivity contribution in [1.82, 2.24) is 5.32 Å². The van der Waals surface area contributed by atoms with E-state index in [1.54, 1.807) is 6.08 Å². The van der Waals surface area contributed by atoms with E-state index in [1.807, 2.05) is 12.2 Å². The maximum Gasteiger partial charge on any atom is 0.305 e. The van der Waals surface area contributed by atoms with Gasteiger partial charge in [0.05, 0.1) is 25.4 Å². The Hall–Kier alpha value is -2.18. The molecule has 2 unspecified atom stereocenters. The second-order valence-electron chi connectivity index (χ2n) is 14.7. The summed E-state index contributed by atoms with van der Waals surface area (Å²) in [4.78, 5) is 24.3. The molecule has 52 heavy (non-hydrogen) atoms. The van der Waals surface area contributed by atoms with E-state index in [9.17, 15) is 19.8 Å². The lowest BCUT2D eigenvalue weighted by molar-refractivity contribution is -0.143. The van der Waals surface area contributed by atoms with Crippen molar-refractivity contribution in [2.24, 2.45) is 0 Å². The van der Waals surface area contributed by atoms with Crippen molar-refractivity contribution in [3.8, 4) is 0 Å². The second kappa shape index (κ2) is 41.6. The Bertz CT molecular complexity index is 895. The lowest BCUT2D eigenvalue weighted by Crippen LogP contribution is -2.45. The Kier molecular flexibility index (Phi) is 39.8. The number of carbonyl (C=O) groups is 2. The first-order valence-electron chi connectivity index (χ1n) is 21.9. The van der Waals surface area contributed by atoms with Gasteiger partial charge in [-0.1, -0.05) is 165 Å². The summed E-state index contributed by atoms with van der Waals surface area (Å²) in [5.41, 5.74) is 0. The quantitative estimate of drug-likeness (QED) is 0.0332. The number of aliphatic hydroxyl groups is 2. The van der Waals surface area contributed by atoms with E-state index in [4.69, 9.17) is 4.74 Å². The maximum atomic E-state index is 12.3. The normalized spacial score (nSPS) is 13.2. The summed E-state index contributed by atoms with van der Waals surface area (Å²) in [5, 5.41) is 22.7. The molecule has 6 heteroatoms. The van der Waals surface area contributed by atoms with Crippen molar-refractivity contribution in [3.63, 3.8) is 0 Å². The minimum absolute atomic E-state index is 0.0297. The average molecular weight is 730 g/mol. The molecule has 0 aliphatic rings. The second-order valence-corrected chi connectivity index (χ2v) is 14.7. The van der Waals surface area contributed by atoms with Crippen molar-refractivity contribution in [3.05, 3.63) is 48.6 Å². The van der Waals surface area contributed by atoms with Gasteiger partial charge >= 0.3 is 5.97 Å². The molecule has 6 nitrogen and oxygen atoms in total. The molecule has 0 spiro atoms. The van der Waals surface area contributed by atoms with Gasteiger partial charge in [0.2, 0.25) is 5.91 Å². The van der Waals surface area contributed by atoms with Gasteiger partial charge in [0.1, 0.15) is 0 Å². The Labute approximate surface area is 321 Å². The van der Waals surface area contributed by atoms with Gasteiger partial charge < -0.3 is 20.3 Å². The number of amides is 1. The molecule has 1 amide bonds. The molecule has 0 aliphatic carbocycles. The first-order valence-corrected chi connectivity index (χ1v) is 21.9. The predicted molar refractivity (Wildman–Crippen MR) is 222 cm³/mol. The van der Waals surface area contributed by atoms with E-state index in [0.717, 1.165) is 51.4 Å². The Morgan fingerprint density at radius 1 is 0.538 bits per heavy atom. The number of aliphatic hydroxyl groups excluding tert-OH is 2. The number of nitrogens with one attached hydrogen (secondary N) is 1. The van der Waals surface area contributed by atoms with Crippen LogP contribution in [-0.2, 0) is 14.3 Å². The third-order valence-corrected chi connectivity index (χ3v) is 9.58. The molecule has 0 aromatic rings. The Morgan fingerprint density at radius 3 is 1.54 bits per heavy atom. The molecular weight excluding hydrogens is 647 g/mol. The number of ether oxygens (including phenoxy) is 1. The van der Waals surface area contributed by atoms with Gasteiger partial charge in [-0.05, 0) is 77.0 Å². The lowest BCUT2D eigenvalue weighted by atomic mass is 10.1. The molecule has 0 bridgehead atoms. The number of allylic oxidation sites excluding steroid dienone is 7. The number of hydrogen-bond acceptors (Lipinski definition) is 5. The highest BCUT2D eigenvalue weighted by atomic mass is 16.5. The number of unbranched alkanes of at least 4 members (excludes halogenated alkanes) is 22. The summed E-state index contributed by atoms with van der Waals surface area (Å²) in [6, 6.07) is -0.670. The fourth-order valence-electron chi connectivity index (χ4n) is 6.14. The number of rotatable bonds is 39.